The number of nitrogens with zero attached hydrogens (tertiary/aromatic N) is 3. The van der Waals surface area contributed by atoms with Crippen molar-refractivity contribution in [3.8, 4) is 11.5 Å². The van der Waals surface area contributed by atoms with Crippen LogP contribution in [-0.4, -0.2) is 75.7 Å². The van der Waals surface area contributed by atoms with Gasteiger partial charge >= 0.3 is 11.9 Å². The van der Waals surface area contributed by atoms with E-state index in [0.717, 1.165) is 41.5 Å². The largest absolute Gasteiger partial charge is 0.485 e. The fraction of sp³-hybridized carbons (Fsp3) is 0.302. The number of benzene rings is 4. The molecule has 0 saturated carbocycles. The number of β-lactam (4-membered cyclic amide) rings is 1. The smallest absolute Gasteiger partial charge is 0.362 e. The van der Waals surface area contributed by atoms with Crippen molar-refractivity contribution in [1.82, 2.24) is 9.80 Å². The lowest BCUT2D eigenvalue weighted by molar-refractivity contribution is -0.384. The number of aliphatic hydroxyl groups excluding tert-OH is 1. The number of amides is 1. The van der Waals surface area contributed by atoms with Crippen LogP contribution in [-0.2, 0) is 27.5 Å². The van der Waals surface area contributed by atoms with E-state index >= 15 is 4.39 Å². The molecule has 6 rings (SSSR count). The highest BCUT2D eigenvalue weighted by Crippen LogP contribution is 2.47. The van der Waals surface area contributed by atoms with Gasteiger partial charge in [-0.1, -0.05) is 67.6 Å². The first-order valence-corrected chi connectivity index (χ1v) is 18.5. The maximum atomic E-state index is 15.6. The molecule has 0 spiro atoms. The van der Waals surface area contributed by atoms with Crippen LogP contribution in [0.4, 0.5) is 10.1 Å². The molecule has 0 bridgehead atoms. The first-order chi connectivity index (χ1) is 27.3. The normalized spacial score (nSPS) is 17.8. The molecule has 1 saturated heterocycles. The number of carbonyl (C=O) groups is 4. The summed E-state index contributed by atoms with van der Waals surface area (Å²) in [6.45, 7) is 4.07. The zero-order valence-corrected chi connectivity index (χ0v) is 31.6. The topological polar surface area (TPSA) is 166 Å². The highest BCUT2D eigenvalue weighted by atomic mass is 19.1. The number of ketones is 1. The maximum absolute atomic E-state index is 15.6. The Hall–Kier alpha value is -6.25. The lowest BCUT2D eigenvalue weighted by Crippen LogP contribution is -2.63. The highest BCUT2D eigenvalue weighted by Gasteiger charge is 2.60. The van der Waals surface area contributed by atoms with Crippen LogP contribution in [0.25, 0.3) is 0 Å². The number of esters is 2. The van der Waals surface area contributed by atoms with Gasteiger partial charge in [-0.3, -0.25) is 19.7 Å². The fourth-order valence-corrected chi connectivity index (χ4v) is 7.22. The Morgan fingerprint density at radius 2 is 1.53 bits per heavy atom. The van der Waals surface area contributed by atoms with Gasteiger partial charge in [0.05, 0.1) is 28.6 Å². The van der Waals surface area contributed by atoms with E-state index in [4.69, 9.17) is 14.2 Å². The monoisotopic (exact) mass is 779 g/mol. The van der Waals surface area contributed by atoms with Crippen LogP contribution in [0, 0.1) is 27.8 Å². The van der Waals surface area contributed by atoms with E-state index < -0.39 is 46.7 Å². The summed E-state index contributed by atoms with van der Waals surface area (Å²) >= 11 is 0. The zero-order valence-electron chi connectivity index (χ0n) is 31.6. The first kappa shape index (κ1) is 40.4. The molecule has 0 unspecified atom stereocenters. The fourth-order valence-electron chi connectivity index (χ4n) is 7.22. The predicted molar refractivity (Wildman–Crippen MR) is 205 cm³/mol. The van der Waals surface area contributed by atoms with Gasteiger partial charge in [-0.15, -0.1) is 0 Å². The van der Waals surface area contributed by atoms with E-state index in [0.29, 0.717) is 18.5 Å². The van der Waals surface area contributed by atoms with Crippen molar-refractivity contribution in [2.24, 2.45) is 11.8 Å². The lowest BCUT2D eigenvalue weighted by atomic mass is 9.77. The van der Waals surface area contributed by atoms with Crippen LogP contribution in [0.3, 0.4) is 0 Å². The van der Waals surface area contributed by atoms with Crippen molar-refractivity contribution < 1.29 is 47.8 Å². The Morgan fingerprint density at radius 3 is 2.12 bits per heavy atom. The van der Waals surface area contributed by atoms with Gasteiger partial charge in [0, 0.05) is 36.6 Å². The van der Waals surface area contributed by atoms with Crippen molar-refractivity contribution in [2.75, 3.05) is 20.1 Å². The van der Waals surface area contributed by atoms with Gasteiger partial charge in [-0.25, -0.2) is 14.0 Å². The Kier molecular flexibility index (Phi) is 12.5. The number of non-ortho nitro benzene ring substituents is 1. The van der Waals surface area contributed by atoms with Crippen LogP contribution in [0.1, 0.15) is 58.5 Å². The number of nitro benzene ring substituents is 1. The average molecular weight is 780 g/mol. The predicted octanol–water partition coefficient (Wildman–Crippen LogP) is 6.28. The van der Waals surface area contributed by atoms with E-state index in [1.807, 2.05) is 72.5 Å². The molecule has 2 heterocycles. The van der Waals surface area contributed by atoms with Gasteiger partial charge in [0.2, 0.25) is 5.91 Å². The number of carbonyl (C=O) groups excluding carboxylic acids is 4. The van der Waals surface area contributed by atoms with Gasteiger partial charge in [-0.05, 0) is 67.9 Å². The van der Waals surface area contributed by atoms with Crippen molar-refractivity contribution in [3.05, 3.63) is 147 Å². The SMILES string of the molecule is C[C@@H](O)[C@H]1C(=O)N2C(C(=O)OC(=O)c3ccc([N+](=O)[O-])cc3)=C(CN(C)CCCC(=O)c3cc(F)c(OCc4ccccc4)c(OCc4ccccc4)c3)[C@H](C)[C@H]12. The van der Waals surface area contributed by atoms with Crippen molar-refractivity contribution in [3.63, 3.8) is 0 Å². The van der Waals surface area contributed by atoms with E-state index in [2.05, 4.69) is 0 Å². The highest BCUT2D eigenvalue weighted by molar-refractivity contribution is 6.06. The number of Topliss-reactive ketones (excluding diaryl/α,β-unsaturated/α-hetero) is 1. The molecule has 0 aromatic heterocycles. The van der Waals surface area contributed by atoms with Crippen LogP contribution in [0.2, 0.25) is 0 Å². The van der Waals surface area contributed by atoms with E-state index in [9.17, 15) is 34.4 Å². The van der Waals surface area contributed by atoms with Crippen LogP contribution in [0.5, 0.6) is 11.5 Å². The van der Waals surface area contributed by atoms with E-state index in [-0.39, 0.29) is 71.9 Å². The second kappa shape index (κ2) is 17.7. The number of aliphatic hydroxyl groups is 1. The van der Waals surface area contributed by atoms with Crippen molar-refractivity contribution >= 4 is 29.3 Å². The van der Waals surface area contributed by atoms with Crippen LogP contribution < -0.4 is 9.47 Å². The molecule has 2 aliphatic heterocycles. The maximum Gasteiger partial charge on any atom is 0.362 e. The molecule has 13 nitrogen and oxygen atoms in total. The molecule has 1 N–H and O–H groups in total. The summed E-state index contributed by atoms with van der Waals surface area (Å²) in [6, 6.07) is 25.2. The molecule has 0 radical (unpaired) electrons. The van der Waals surface area contributed by atoms with Crippen molar-refractivity contribution in [2.45, 2.75) is 52.0 Å². The van der Waals surface area contributed by atoms with Gasteiger partial charge in [0.1, 0.15) is 18.9 Å². The second-order valence-corrected chi connectivity index (χ2v) is 14.2. The minimum Gasteiger partial charge on any atom is -0.485 e. The Labute approximate surface area is 328 Å². The summed E-state index contributed by atoms with van der Waals surface area (Å²) in [5.74, 6) is -4.80. The molecule has 4 aromatic rings. The number of hydrogen-bond acceptors (Lipinski definition) is 11. The number of halogens is 1. The zero-order chi connectivity index (χ0) is 40.8. The Morgan fingerprint density at radius 1 is 0.912 bits per heavy atom. The molecular weight excluding hydrogens is 737 g/mol. The first-order valence-electron chi connectivity index (χ1n) is 18.5. The molecule has 14 heteroatoms. The number of hydrogen-bond donors (Lipinski definition) is 1. The van der Waals surface area contributed by atoms with E-state index in [1.54, 1.807) is 7.05 Å². The molecule has 2 aliphatic rings. The summed E-state index contributed by atoms with van der Waals surface area (Å²) < 4.78 is 32.6. The van der Waals surface area contributed by atoms with Gasteiger partial charge < -0.3 is 29.1 Å². The number of rotatable bonds is 17. The van der Waals surface area contributed by atoms with E-state index in [1.165, 1.54) is 17.9 Å². The number of nitro groups is 1. The third-order valence-electron chi connectivity index (χ3n) is 10.2. The summed E-state index contributed by atoms with van der Waals surface area (Å²) in [7, 11) is 1.77. The standard InChI is InChI=1S/C43H42FN3O10/c1-26-33(39(46-38(26)37(27(2)48)41(46)50)43(52)57-42(51)30-16-18-32(19-17-30)47(53)54)23-45(3)20-10-15-35(49)31-21-34(44)40(56-25-29-13-8-5-9-14-29)36(22-31)55-24-28-11-6-4-7-12-28/h4-9,11-14,16-19,21-22,26-27,37-38,48H,10,15,20,23-25H2,1-3H3/t26-,27+,37+,38+/m0/s1. The van der Waals surface area contributed by atoms with Gasteiger partial charge in [0.25, 0.3) is 5.69 Å². The lowest BCUT2D eigenvalue weighted by Gasteiger charge is -2.46. The molecule has 1 fully saturated rings. The Balaban J connectivity index is 1.13. The number of fused-ring (bicyclic) bond motifs is 1. The molecule has 0 aliphatic carbocycles. The number of likely N-dealkylation sites (N-methyl/N-ethyl adjacent to an activating group) is 1. The summed E-state index contributed by atoms with van der Waals surface area (Å²) in [5, 5.41) is 21.4. The molecule has 296 valence electrons. The second-order valence-electron chi connectivity index (χ2n) is 14.2. The van der Waals surface area contributed by atoms with Gasteiger partial charge in [-0.2, -0.15) is 0 Å². The molecule has 4 atom stereocenters. The molecule has 57 heavy (non-hydrogen) atoms. The average Bonchev–Trinajstić information content (AvgIpc) is 3.43. The van der Waals surface area contributed by atoms with Gasteiger partial charge in [0.15, 0.2) is 23.1 Å². The van der Waals surface area contributed by atoms with Crippen molar-refractivity contribution in [1.29, 1.82) is 0 Å². The minimum absolute atomic E-state index is 0.0523. The Bertz CT molecular complexity index is 2180. The summed E-state index contributed by atoms with van der Waals surface area (Å²) in [5.41, 5.74) is 1.87. The minimum atomic E-state index is -1.06. The third kappa shape index (κ3) is 9.08. The van der Waals surface area contributed by atoms with Crippen LogP contribution in [0.15, 0.2) is 108 Å². The molecular formula is C43H42FN3O10. The summed E-state index contributed by atoms with van der Waals surface area (Å²) in [6.07, 6.45) is -0.579. The molecule has 4 aromatic carbocycles. The summed E-state index contributed by atoms with van der Waals surface area (Å²) in [4.78, 5) is 66.6. The van der Waals surface area contributed by atoms with Crippen LogP contribution >= 0.6 is 0 Å². The molecule has 1 amide bonds. The third-order valence-corrected chi connectivity index (χ3v) is 10.2. The quantitative estimate of drug-likeness (QED) is 0.0320. The number of ether oxygens (including phenoxy) is 3.